The zero-order chi connectivity index (χ0) is 20.9. The van der Waals surface area contributed by atoms with Crippen LogP contribution in [0.4, 0.5) is 0 Å². The van der Waals surface area contributed by atoms with E-state index in [1.54, 1.807) is 0 Å². The summed E-state index contributed by atoms with van der Waals surface area (Å²) in [6.45, 7) is 12.3. The predicted octanol–water partition coefficient (Wildman–Crippen LogP) is 5.85. The summed E-state index contributed by atoms with van der Waals surface area (Å²) < 4.78 is 11.4. The SMILES string of the molecule is CC(=C=C(C)c1cccc(C2OCCCO2)n1)c1cccc(C#C[Si](C)(C)C)c1. The van der Waals surface area contributed by atoms with Crippen molar-refractivity contribution >= 4 is 19.2 Å². The van der Waals surface area contributed by atoms with Crippen LogP contribution in [0.3, 0.4) is 0 Å². The lowest BCUT2D eigenvalue weighted by Gasteiger charge is -2.22. The van der Waals surface area contributed by atoms with Gasteiger partial charge in [0.1, 0.15) is 8.07 Å². The Labute approximate surface area is 175 Å². The van der Waals surface area contributed by atoms with Gasteiger partial charge in [-0.25, -0.2) is 4.98 Å². The van der Waals surface area contributed by atoms with Gasteiger partial charge in [-0.1, -0.05) is 43.8 Å². The van der Waals surface area contributed by atoms with Gasteiger partial charge in [0.25, 0.3) is 0 Å². The maximum absolute atomic E-state index is 5.68. The van der Waals surface area contributed by atoms with Crippen LogP contribution in [0.1, 0.15) is 49.1 Å². The number of benzene rings is 1. The Morgan fingerprint density at radius 3 is 2.45 bits per heavy atom. The van der Waals surface area contributed by atoms with Crippen LogP contribution in [0.15, 0.2) is 48.2 Å². The number of rotatable bonds is 3. The number of pyridine rings is 1. The van der Waals surface area contributed by atoms with Gasteiger partial charge in [0.15, 0.2) is 0 Å². The first-order valence-electron chi connectivity index (χ1n) is 10.1. The average Bonchev–Trinajstić information content (AvgIpc) is 2.72. The first-order chi connectivity index (χ1) is 13.8. The van der Waals surface area contributed by atoms with Crippen molar-refractivity contribution in [3.8, 4) is 11.5 Å². The van der Waals surface area contributed by atoms with Gasteiger partial charge in [-0.05, 0) is 55.7 Å². The molecule has 0 bridgehead atoms. The van der Waals surface area contributed by atoms with Crippen LogP contribution in [0.25, 0.3) is 11.1 Å². The highest BCUT2D eigenvalue weighted by molar-refractivity contribution is 6.83. The Balaban J connectivity index is 1.89. The van der Waals surface area contributed by atoms with Crippen LogP contribution in [0.5, 0.6) is 0 Å². The fourth-order valence-electron chi connectivity index (χ4n) is 2.96. The number of aromatic nitrogens is 1. The molecule has 0 atom stereocenters. The molecular formula is C25H29NO2Si. The fourth-order valence-corrected chi connectivity index (χ4v) is 3.48. The molecule has 0 radical (unpaired) electrons. The summed E-state index contributed by atoms with van der Waals surface area (Å²) in [6.07, 6.45) is 0.557. The third-order valence-electron chi connectivity index (χ3n) is 4.48. The summed E-state index contributed by atoms with van der Waals surface area (Å²) in [5.41, 5.74) is 12.8. The zero-order valence-corrected chi connectivity index (χ0v) is 19.0. The summed E-state index contributed by atoms with van der Waals surface area (Å²) >= 11 is 0. The normalized spacial score (nSPS) is 14.5. The summed E-state index contributed by atoms with van der Waals surface area (Å²) in [4.78, 5) is 4.74. The Kier molecular flexibility index (Phi) is 6.90. The Morgan fingerprint density at radius 1 is 1.00 bits per heavy atom. The summed E-state index contributed by atoms with van der Waals surface area (Å²) in [5, 5.41) is 0. The molecule has 0 saturated carbocycles. The number of allylic oxidation sites excluding steroid dienone is 1. The Morgan fingerprint density at radius 2 is 1.72 bits per heavy atom. The van der Waals surface area contributed by atoms with Crippen LogP contribution in [0.2, 0.25) is 19.6 Å². The molecule has 2 aromatic rings. The molecular weight excluding hydrogens is 374 g/mol. The topological polar surface area (TPSA) is 31.4 Å². The second kappa shape index (κ2) is 9.39. The van der Waals surface area contributed by atoms with E-state index in [0.29, 0.717) is 13.2 Å². The van der Waals surface area contributed by atoms with Gasteiger partial charge in [-0.2, -0.15) is 0 Å². The highest BCUT2D eigenvalue weighted by Gasteiger charge is 2.18. The molecule has 1 saturated heterocycles. The summed E-state index contributed by atoms with van der Waals surface area (Å²) in [6, 6.07) is 14.3. The van der Waals surface area contributed by atoms with E-state index in [1.807, 2.05) is 25.1 Å². The van der Waals surface area contributed by atoms with E-state index in [9.17, 15) is 0 Å². The van der Waals surface area contributed by atoms with Crippen molar-refractivity contribution in [1.82, 2.24) is 4.98 Å². The highest BCUT2D eigenvalue weighted by atomic mass is 28.3. The first-order valence-corrected chi connectivity index (χ1v) is 13.6. The Bertz CT molecular complexity index is 995. The van der Waals surface area contributed by atoms with Gasteiger partial charge in [0, 0.05) is 11.1 Å². The van der Waals surface area contributed by atoms with Crippen LogP contribution >= 0.6 is 0 Å². The second-order valence-electron chi connectivity index (χ2n) is 8.33. The zero-order valence-electron chi connectivity index (χ0n) is 18.0. The molecule has 0 aliphatic carbocycles. The standard InChI is InChI=1S/C25H29NO2Si/c1-19(22-10-6-9-21(18-22)13-16-29(3,4)5)17-20(2)23-11-7-12-24(26-23)25-27-14-8-15-28-25/h6-7,9-12,18,25H,8,14-15H2,1-5H3. The largest absolute Gasteiger partial charge is 0.347 e. The molecule has 0 amide bonds. The quantitative estimate of drug-likeness (QED) is 0.366. The molecule has 1 aromatic carbocycles. The molecule has 0 N–H and O–H groups in total. The van der Waals surface area contributed by atoms with Crippen LogP contribution in [-0.4, -0.2) is 26.3 Å². The van der Waals surface area contributed by atoms with Crippen molar-refractivity contribution in [3.63, 3.8) is 0 Å². The molecule has 0 unspecified atom stereocenters. The molecule has 0 spiro atoms. The second-order valence-corrected chi connectivity index (χ2v) is 13.1. The fraction of sp³-hybridized carbons (Fsp3) is 0.360. The van der Waals surface area contributed by atoms with Crippen LogP contribution < -0.4 is 0 Å². The van der Waals surface area contributed by atoms with Gasteiger partial charge >= 0.3 is 0 Å². The molecule has 4 heteroatoms. The van der Waals surface area contributed by atoms with Crippen molar-refractivity contribution in [1.29, 1.82) is 0 Å². The maximum Gasteiger partial charge on any atom is 0.201 e. The molecule has 1 fully saturated rings. The number of hydrogen-bond donors (Lipinski definition) is 0. The van der Waals surface area contributed by atoms with Gasteiger partial charge in [0.05, 0.1) is 24.6 Å². The van der Waals surface area contributed by atoms with E-state index in [2.05, 4.69) is 68.0 Å². The van der Waals surface area contributed by atoms with E-state index in [0.717, 1.165) is 40.1 Å². The smallest absolute Gasteiger partial charge is 0.201 e. The molecule has 1 aliphatic rings. The van der Waals surface area contributed by atoms with Gasteiger partial charge in [-0.3, -0.25) is 0 Å². The molecule has 150 valence electrons. The van der Waals surface area contributed by atoms with Gasteiger partial charge in [0.2, 0.25) is 6.29 Å². The lowest BCUT2D eigenvalue weighted by Crippen LogP contribution is -2.18. The predicted molar refractivity (Wildman–Crippen MR) is 122 cm³/mol. The number of nitrogens with zero attached hydrogens (tertiary/aromatic N) is 1. The minimum atomic E-state index is -1.39. The lowest BCUT2D eigenvalue weighted by molar-refractivity contribution is -0.185. The van der Waals surface area contributed by atoms with E-state index in [1.165, 1.54) is 0 Å². The third kappa shape index (κ3) is 6.29. The van der Waals surface area contributed by atoms with Crippen molar-refractivity contribution in [2.45, 2.75) is 46.2 Å². The van der Waals surface area contributed by atoms with Gasteiger partial charge in [-0.15, -0.1) is 11.3 Å². The van der Waals surface area contributed by atoms with Crippen molar-refractivity contribution in [2.75, 3.05) is 13.2 Å². The van der Waals surface area contributed by atoms with Crippen molar-refractivity contribution in [3.05, 3.63) is 70.7 Å². The average molecular weight is 404 g/mol. The molecule has 1 aliphatic heterocycles. The molecule has 3 rings (SSSR count). The number of hydrogen-bond acceptors (Lipinski definition) is 3. The molecule has 29 heavy (non-hydrogen) atoms. The maximum atomic E-state index is 5.68. The van der Waals surface area contributed by atoms with Crippen LogP contribution in [-0.2, 0) is 9.47 Å². The van der Waals surface area contributed by atoms with E-state index in [-0.39, 0.29) is 6.29 Å². The minimum absolute atomic E-state index is 0.372. The molecule has 1 aromatic heterocycles. The minimum Gasteiger partial charge on any atom is -0.347 e. The molecule has 2 heterocycles. The third-order valence-corrected chi connectivity index (χ3v) is 5.35. The van der Waals surface area contributed by atoms with E-state index >= 15 is 0 Å². The summed E-state index contributed by atoms with van der Waals surface area (Å²) in [7, 11) is -1.39. The van der Waals surface area contributed by atoms with Crippen LogP contribution in [0, 0.1) is 11.5 Å². The van der Waals surface area contributed by atoms with Crippen molar-refractivity contribution in [2.24, 2.45) is 0 Å². The van der Waals surface area contributed by atoms with E-state index in [4.69, 9.17) is 14.5 Å². The monoisotopic (exact) mass is 403 g/mol. The summed E-state index contributed by atoms with van der Waals surface area (Å²) in [5.74, 6) is 3.33. The molecule has 3 nitrogen and oxygen atoms in total. The van der Waals surface area contributed by atoms with E-state index < -0.39 is 8.07 Å². The first kappa shape index (κ1) is 21.3. The van der Waals surface area contributed by atoms with Crippen molar-refractivity contribution < 1.29 is 9.47 Å². The lowest BCUT2D eigenvalue weighted by atomic mass is 10.0. The van der Waals surface area contributed by atoms with Gasteiger partial charge < -0.3 is 9.47 Å². The number of ether oxygens (including phenoxy) is 2. The highest BCUT2D eigenvalue weighted by Crippen LogP contribution is 2.23. The Hall–Kier alpha value is -2.41.